The number of pyridine rings is 3. The lowest BCUT2D eigenvalue weighted by Gasteiger charge is -2.14. The second kappa shape index (κ2) is 8.28. The molecule has 0 amide bonds. The average molecular weight is 478 g/mol. The number of anilines is 2. The molecule has 12 heteroatoms. The van der Waals surface area contributed by atoms with E-state index in [0.29, 0.717) is 22.8 Å². The van der Waals surface area contributed by atoms with Crippen molar-refractivity contribution >= 4 is 28.4 Å². The average Bonchev–Trinajstić information content (AvgIpc) is 2.77. The van der Waals surface area contributed by atoms with Crippen LogP contribution in [-0.4, -0.2) is 26.0 Å². The Morgan fingerprint density at radius 2 is 1.59 bits per heavy atom. The quantitative estimate of drug-likeness (QED) is 0.341. The summed E-state index contributed by atoms with van der Waals surface area (Å²) in [5.41, 5.74) is -2.66. The van der Waals surface area contributed by atoms with Gasteiger partial charge in [0.1, 0.15) is 5.69 Å². The Hall–Kier alpha value is -4.22. The van der Waals surface area contributed by atoms with E-state index in [0.717, 1.165) is 18.3 Å². The topological polar surface area (TPSA) is 88.0 Å². The number of hydrogen-bond donors (Lipinski definition) is 2. The number of carbonyl (C=O) groups is 1. The summed E-state index contributed by atoms with van der Waals surface area (Å²) >= 11 is 0. The minimum Gasteiger partial charge on any atom is -0.478 e. The Bertz CT molecular complexity index is 1390. The summed E-state index contributed by atoms with van der Waals surface area (Å²) in [4.78, 5) is 22.9. The van der Waals surface area contributed by atoms with Gasteiger partial charge in [-0.05, 0) is 48.5 Å². The fourth-order valence-electron chi connectivity index (χ4n) is 3.17. The predicted octanol–water partition coefficient (Wildman–Crippen LogP) is 6.17. The standard InChI is InChI=1S/C22H12F6N4O2/c23-21(24,25)12-1-3-13(4-2-12)31-16-7-8-29-19-14(16)5-6-17(32-19)18-15(22(26,27)28)9-11(10-30-18)20(33)34/h1-10H,(H,33,34)(H,29,31,32). The van der Waals surface area contributed by atoms with Crippen molar-refractivity contribution in [2.45, 2.75) is 12.4 Å². The first kappa shape index (κ1) is 23.0. The van der Waals surface area contributed by atoms with Crippen LogP contribution >= 0.6 is 0 Å². The molecule has 0 aliphatic carbocycles. The van der Waals surface area contributed by atoms with E-state index in [1.165, 1.54) is 36.5 Å². The highest BCUT2D eigenvalue weighted by Crippen LogP contribution is 2.37. The van der Waals surface area contributed by atoms with Crippen molar-refractivity contribution in [1.82, 2.24) is 15.0 Å². The van der Waals surface area contributed by atoms with Gasteiger partial charge < -0.3 is 10.4 Å². The lowest BCUT2D eigenvalue weighted by atomic mass is 10.1. The monoisotopic (exact) mass is 478 g/mol. The number of carboxylic acid groups (broad SMARTS) is 1. The minimum atomic E-state index is -4.89. The molecule has 0 atom stereocenters. The first-order valence-corrected chi connectivity index (χ1v) is 9.44. The van der Waals surface area contributed by atoms with Crippen LogP contribution in [-0.2, 0) is 12.4 Å². The molecule has 1 aromatic carbocycles. The van der Waals surface area contributed by atoms with Gasteiger partial charge in [-0.3, -0.25) is 4.98 Å². The molecule has 3 heterocycles. The van der Waals surface area contributed by atoms with Gasteiger partial charge in [-0.15, -0.1) is 0 Å². The van der Waals surface area contributed by atoms with Crippen molar-refractivity contribution in [3.05, 3.63) is 77.6 Å². The van der Waals surface area contributed by atoms with Crippen molar-refractivity contribution < 1.29 is 36.2 Å². The van der Waals surface area contributed by atoms with Crippen LogP contribution in [0.1, 0.15) is 21.5 Å². The van der Waals surface area contributed by atoms with E-state index in [2.05, 4.69) is 20.3 Å². The van der Waals surface area contributed by atoms with Crippen LogP contribution in [0, 0.1) is 0 Å². The number of benzene rings is 1. The van der Waals surface area contributed by atoms with Gasteiger partial charge in [0.2, 0.25) is 0 Å². The number of nitrogens with zero attached hydrogens (tertiary/aromatic N) is 3. The van der Waals surface area contributed by atoms with Gasteiger partial charge in [0, 0.05) is 23.5 Å². The second-order valence-corrected chi connectivity index (χ2v) is 7.05. The lowest BCUT2D eigenvalue weighted by molar-refractivity contribution is -0.138. The van der Waals surface area contributed by atoms with Crippen molar-refractivity contribution in [1.29, 1.82) is 0 Å². The number of nitrogens with one attached hydrogen (secondary N) is 1. The maximum absolute atomic E-state index is 13.5. The summed E-state index contributed by atoms with van der Waals surface area (Å²) < 4.78 is 78.9. The number of alkyl halides is 6. The van der Waals surface area contributed by atoms with Gasteiger partial charge in [-0.2, -0.15) is 26.3 Å². The number of hydrogen-bond acceptors (Lipinski definition) is 5. The smallest absolute Gasteiger partial charge is 0.418 e. The first-order chi connectivity index (χ1) is 15.9. The minimum absolute atomic E-state index is 0.0478. The molecule has 0 unspecified atom stereocenters. The fraction of sp³-hybridized carbons (Fsp3) is 0.0909. The molecule has 6 nitrogen and oxygen atoms in total. The van der Waals surface area contributed by atoms with E-state index in [-0.39, 0.29) is 11.3 Å². The van der Waals surface area contributed by atoms with E-state index < -0.39 is 40.7 Å². The third-order valence-electron chi connectivity index (χ3n) is 4.78. The molecule has 0 fully saturated rings. The van der Waals surface area contributed by atoms with Gasteiger partial charge in [-0.25, -0.2) is 14.8 Å². The third-order valence-corrected chi connectivity index (χ3v) is 4.78. The van der Waals surface area contributed by atoms with Gasteiger partial charge >= 0.3 is 18.3 Å². The SMILES string of the molecule is O=C(O)c1cnc(-c2ccc3c(Nc4ccc(C(F)(F)F)cc4)ccnc3n2)c(C(F)(F)F)c1. The summed E-state index contributed by atoms with van der Waals surface area (Å²) in [5, 5.41) is 12.3. The summed E-state index contributed by atoms with van der Waals surface area (Å²) in [6.45, 7) is 0. The molecular weight excluding hydrogens is 466 g/mol. The van der Waals surface area contributed by atoms with Crippen molar-refractivity contribution in [2.75, 3.05) is 5.32 Å². The fourth-order valence-corrected chi connectivity index (χ4v) is 3.17. The van der Waals surface area contributed by atoms with Crippen LogP contribution in [0.3, 0.4) is 0 Å². The molecule has 0 bridgehead atoms. The van der Waals surface area contributed by atoms with Crippen LogP contribution < -0.4 is 5.32 Å². The van der Waals surface area contributed by atoms with Crippen molar-refractivity contribution in [2.24, 2.45) is 0 Å². The zero-order valence-corrected chi connectivity index (χ0v) is 16.7. The molecule has 0 saturated carbocycles. The summed E-state index contributed by atoms with van der Waals surface area (Å²) in [6.07, 6.45) is -7.23. The Kier molecular flexibility index (Phi) is 5.59. The molecule has 0 aliphatic heterocycles. The number of carboxylic acids is 1. The molecule has 0 radical (unpaired) electrons. The van der Waals surface area contributed by atoms with E-state index in [4.69, 9.17) is 5.11 Å². The number of aromatic carboxylic acids is 1. The molecule has 0 aliphatic rings. The van der Waals surface area contributed by atoms with Crippen LogP contribution in [0.2, 0.25) is 0 Å². The highest BCUT2D eigenvalue weighted by atomic mass is 19.4. The van der Waals surface area contributed by atoms with Crippen molar-refractivity contribution in [3.8, 4) is 11.4 Å². The number of aromatic nitrogens is 3. The molecule has 174 valence electrons. The van der Waals surface area contributed by atoms with Crippen molar-refractivity contribution in [3.63, 3.8) is 0 Å². The van der Waals surface area contributed by atoms with Gasteiger partial charge in [0.25, 0.3) is 0 Å². The Morgan fingerprint density at radius 3 is 2.21 bits per heavy atom. The summed E-state index contributed by atoms with van der Waals surface area (Å²) in [6, 6.07) is 9.00. The number of fused-ring (bicyclic) bond motifs is 1. The highest BCUT2D eigenvalue weighted by Gasteiger charge is 2.36. The zero-order valence-electron chi connectivity index (χ0n) is 16.7. The van der Waals surface area contributed by atoms with E-state index >= 15 is 0 Å². The van der Waals surface area contributed by atoms with E-state index in [1.54, 1.807) is 0 Å². The molecule has 0 saturated heterocycles. The summed E-state index contributed by atoms with van der Waals surface area (Å²) in [5.74, 6) is -1.56. The Balaban J connectivity index is 1.73. The summed E-state index contributed by atoms with van der Waals surface area (Å²) in [7, 11) is 0. The largest absolute Gasteiger partial charge is 0.478 e. The molecule has 0 spiro atoms. The predicted molar refractivity (Wildman–Crippen MR) is 109 cm³/mol. The molecule has 4 rings (SSSR count). The maximum atomic E-state index is 13.5. The number of halogens is 6. The molecule has 2 N–H and O–H groups in total. The molecule has 34 heavy (non-hydrogen) atoms. The normalized spacial score (nSPS) is 12.1. The van der Waals surface area contributed by atoms with Gasteiger partial charge in [0.05, 0.1) is 28.1 Å². The molecule has 4 aromatic rings. The van der Waals surface area contributed by atoms with Crippen LogP contribution in [0.4, 0.5) is 37.7 Å². The zero-order chi connectivity index (χ0) is 24.7. The van der Waals surface area contributed by atoms with Crippen LogP contribution in [0.25, 0.3) is 22.4 Å². The van der Waals surface area contributed by atoms with Crippen LogP contribution in [0.5, 0.6) is 0 Å². The van der Waals surface area contributed by atoms with Gasteiger partial charge in [-0.1, -0.05) is 0 Å². The Labute approximate surface area is 186 Å². The van der Waals surface area contributed by atoms with E-state index in [9.17, 15) is 31.1 Å². The van der Waals surface area contributed by atoms with E-state index in [1.807, 2.05) is 0 Å². The first-order valence-electron chi connectivity index (χ1n) is 9.44. The third kappa shape index (κ3) is 4.60. The number of rotatable bonds is 4. The molecular formula is C22H12F6N4O2. The Morgan fingerprint density at radius 1 is 0.882 bits per heavy atom. The van der Waals surface area contributed by atoms with Crippen LogP contribution in [0.15, 0.2) is 60.9 Å². The second-order valence-electron chi connectivity index (χ2n) is 7.05. The van der Waals surface area contributed by atoms with Gasteiger partial charge in [0.15, 0.2) is 5.65 Å². The highest BCUT2D eigenvalue weighted by molar-refractivity contribution is 5.92. The lowest BCUT2D eigenvalue weighted by Crippen LogP contribution is -2.11. The molecule has 3 aromatic heterocycles. The maximum Gasteiger partial charge on any atom is 0.418 e.